The lowest BCUT2D eigenvalue weighted by Crippen LogP contribution is -2.13. The average molecular weight is 376 g/mol. The van der Waals surface area contributed by atoms with Gasteiger partial charge in [-0.1, -0.05) is 42.5 Å². The van der Waals surface area contributed by atoms with Crippen molar-refractivity contribution in [2.24, 2.45) is 0 Å². The van der Waals surface area contributed by atoms with Gasteiger partial charge in [-0.25, -0.2) is 4.39 Å². The molecule has 0 aromatic heterocycles. The summed E-state index contributed by atoms with van der Waals surface area (Å²) in [5.74, 6) is -0.101. The van der Waals surface area contributed by atoms with Gasteiger partial charge in [-0.05, 0) is 47.9 Å². The van der Waals surface area contributed by atoms with Crippen LogP contribution in [0.2, 0.25) is 0 Å². The van der Waals surface area contributed by atoms with Crippen molar-refractivity contribution in [3.8, 4) is 5.75 Å². The quantitative estimate of drug-likeness (QED) is 0.490. The van der Waals surface area contributed by atoms with E-state index in [1.807, 2.05) is 42.5 Å². The molecule has 0 amide bonds. The highest BCUT2D eigenvalue weighted by atomic mass is 19.1. The smallest absolute Gasteiger partial charge is 0.163 e. The topological polar surface area (TPSA) is 43.4 Å². The number of carbonyl (C=O) groups excluding carboxylic acids is 2. The Morgan fingerprint density at radius 2 is 1.32 bits per heavy atom. The summed E-state index contributed by atoms with van der Waals surface area (Å²) < 4.78 is 18.3. The first kappa shape index (κ1) is 19.5. The zero-order valence-electron chi connectivity index (χ0n) is 15.6. The summed E-state index contributed by atoms with van der Waals surface area (Å²) in [7, 11) is 1.59. The van der Waals surface area contributed by atoms with E-state index in [1.165, 1.54) is 24.3 Å². The Hall–Kier alpha value is -3.27. The van der Waals surface area contributed by atoms with E-state index in [0.717, 1.165) is 5.56 Å². The third-order valence-corrected chi connectivity index (χ3v) is 4.71. The van der Waals surface area contributed by atoms with E-state index in [2.05, 4.69) is 0 Å². The molecule has 0 aliphatic heterocycles. The lowest BCUT2D eigenvalue weighted by molar-refractivity contribution is 0.0944. The van der Waals surface area contributed by atoms with Gasteiger partial charge in [0.05, 0.1) is 7.11 Å². The highest BCUT2D eigenvalue weighted by Gasteiger charge is 2.21. The third-order valence-electron chi connectivity index (χ3n) is 4.71. The van der Waals surface area contributed by atoms with Gasteiger partial charge in [-0.2, -0.15) is 0 Å². The van der Waals surface area contributed by atoms with Crippen LogP contribution in [0, 0.1) is 5.82 Å². The van der Waals surface area contributed by atoms with Crippen LogP contribution in [-0.4, -0.2) is 18.7 Å². The lowest BCUT2D eigenvalue weighted by atomic mass is 9.86. The fourth-order valence-electron chi connectivity index (χ4n) is 3.13. The minimum atomic E-state index is -0.387. The van der Waals surface area contributed by atoms with Gasteiger partial charge in [-0.15, -0.1) is 0 Å². The first-order valence-electron chi connectivity index (χ1n) is 9.08. The van der Waals surface area contributed by atoms with Crippen LogP contribution in [0.4, 0.5) is 4.39 Å². The van der Waals surface area contributed by atoms with Crippen LogP contribution in [0.25, 0.3) is 0 Å². The van der Waals surface area contributed by atoms with Crippen LogP contribution >= 0.6 is 0 Å². The van der Waals surface area contributed by atoms with Crippen molar-refractivity contribution in [1.82, 2.24) is 0 Å². The Kier molecular flexibility index (Phi) is 6.33. The van der Waals surface area contributed by atoms with E-state index in [4.69, 9.17) is 4.74 Å². The number of rotatable bonds is 8. The Morgan fingerprint density at radius 1 is 0.786 bits per heavy atom. The molecule has 0 saturated carbocycles. The molecule has 0 unspecified atom stereocenters. The van der Waals surface area contributed by atoms with E-state index in [9.17, 15) is 14.0 Å². The number of carbonyl (C=O) groups is 2. The molecule has 4 heteroatoms. The zero-order valence-corrected chi connectivity index (χ0v) is 15.6. The molecule has 0 saturated heterocycles. The third kappa shape index (κ3) is 4.92. The van der Waals surface area contributed by atoms with Gasteiger partial charge in [0.1, 0.15) is 11.6 Å². The molecular weight excluding hydrogens is 355 g/mol. The molecule has 0 heterocycles. The number of hydrogen-bond donors (Lipinski definition) is 0. The predicted molar refractivity (Wildman–Crippen MR) is 106 cm³/mol. The number of Topliss-reactive ketones (excluding diaryl/α,β-unsaturated/α-hetero) is 2. The van der Waals surface area contributed by atoms with Crippen LogP contribution in [0.5, 0.6) is 5.75 Å². The summed E-state index contributed by atoms with van der Waals surface area (Å²) in [6.45, 7) is 0. The number of hydrogen-bond acceptors (Lipinski definition) is 3. The van der Waals surface area contributed by atoms with Crippen LogP contribution < -0.4 is 4.74 Å². The normalized spacial score (nSPS) is 11.6. The Bertz CT molecular complexity index is 932. The summed E-state index contributed by atoms with van der Waals surface area (Å²) in [6.07, 6.45) is 0.375. The molecule has 0 fully saturated rings. The van der Waals surface area contributed by atoms with Gasteiger partial charge in [-0.3, -0.25) is 9.59 Å². The maximum Gasteiger partial charge on any atom is 0.163 e. The molecule has 0 bridgehead atoms. The van der Waals surface area contributed by atoms with Crippen molar-refractivity contribution >= 4 is 11.6 Å². The van der Waals surface area contributed by atoms with Crippen LogP contribution in [0.1, 0.15) is 45.0 Å². The van der Waals surface area contributed by atoms with Crippen LogP contribution in [-0.2, 0) is 0 Å². The highest BCUT2D eigenvalue weighted by Crippen LogP contribution is 2.28. The Labute approximate surface area is 163 Å². The second kappa shape index (κ2) is 9.09. The summed E-state index contributed by atoms with van der Waals surface area (Å²) in [5.41, 5.74) is 1.95. The second-order valence-electron chi connectivity index (χ2n) is 6.60. The number of ketones is 2. The van der Waals surface area contributed by atoms with Gasteiger partial charge >= 0.3 is 0 Å². The van der Waals surface area contributed by atoms with E-state index in [0.29, 0.717) is 16.9 Å². The first-order chi connectivity index (χ1) is 13.6. The predicted octanol–water partition coefficient (Wildman–Crippen LogP) is 5.46. The van der Waals surface area contributed by atoms with Crippen LogP contribution in [0.3, 0.4) is 0 Å². The highest BCUT2D eigenvalue weighted by molar-refractivity contribution is 5.99. The molecule has 0 radical (unpaired) electrons. The molecular formula is C24H21FO3. The molecule has 1 atom stereocenters. The van der Waals surface area contributed by atoms with Crippen molar-refractivity contribution in [1.29, 1.82) is 0 Å². The molecule has 3 rings (SSSR count). The Morgan fingerprint density at radius 3 is 1.86 bits per heavy atom. The SMILES string of the molecule is COc1ccc([C@@H](CC(=O)c2ccccc2)CC(=O)c2ccc(F)cc2)cc1. The molecule has 3 aromatic rings. The zero-order chi connectivity index (χ0) is 19.9. The minimum absolute atomic E-state index is 0.0201. The second-order valence-corrected chi connectivity index (χ2v) is 6.60. The number of methoxy groups -OCH3 is 1. The van der Waals surface area contributed by atoms with Gasteiger partial charge in [0.25, 0.3) is 0 Å². The van der Waals surface area contributed by atoms with Gasteiger partial charge in [0, 0.05) is 24.0 Å². The number of benzene rings is 3. The molecule has 0 aliphatic rings. The molecule has 142 valence electrons. The van der Waals surface area contributed by atoms with Crippen molar-refractivity contribution < 1.29 is 18.7 Å². The van der Waals surface area contributed by atoms with E-state index < -0.39 is 0 Å². The maximum absolute atomic E-state index is 13.1. The molecule has 0 spiro atoms. The van der Waals surface area contributed by atoms with Gasteiger partial charge in [0.15, 0.2) is 11.6 Å². The summed E-state index contributed by atoms with van der Waals surface area (Å²) in [6, 6.07) is 21.9. The van der Waals surface area contributed by atoms with Crippen molar-refractivity contribution in [2.75, 3.05) is 7.11 Å². The summed E-state index contributed by atoms with van der Waals surface area (Å²) in [5, 5.41) is 0. The molecule has 0 aliphatic carbocycles. The standard InChI is InChI=1S/C24H21FO3/c1-28-22-13-9-17(10-14-22)20(15-23(26)18-5-3-2-4-6-18)16-24(27)19-7-11-21(25)12-8-19/h2-14,20H,15-16H2,1H3/t20-/m0/s1. The minimum Gasteiger partial charge on any atom is -0.497 e. The largest absolute Gasteiger partial charge is 0.497 e. The van der Waals surface area contributed by atoms with Gasteiger partial charge < -0.3 is 4.74 Å². The van der Waals surface area contributed by atoms with E-state index in [1.54, 1.807) is 19.2 Å². The summed E-state index contributed by atoms with van der Waals surface area (Å²) >= 11 is 0. The van der Waals surface area contributed by atoms with Crippen LogP contribution in [0.15, 0.2) is 78.9 Å². The average Bonchev–Trinajstić information content (AvgIpc) is 2.74. The first-order valence-corrected chi connectivity index (χ1v) is 9.08. The fraction of sp³-hybridized carbons (Fsp3) is 0.167. The molecule has 0 N–H and O–H groups in total. The molecule has 3 nitrogen and oxygen atoms in total. The van der Waals surface area contributed by atoms with E-state index in [-0.39, 0.29) is 36.1 Å². The molecule has 28 heavy (non-hydrogen) atoms. The number of ether oxygens (including phenoxy) is 1. The van der Waals surface area contributed by atoms with Crippen molar-refractivity contribution in [3.05, 3.63) is 101 Å². The van der Waals surface area contributed by atoms with Crippen molar-refractivity contribution in [2.45, 2.75) is 18.8 Å². The van der Waals surface area contributed by atoms with E-state index >= 15 is 0 Å². The summed E-state index contributed by atoms with van der Waals surface area (Å²) in [4.78, 5) is 25.5. The maximum atomic E-state index is 13.1. The molecule has 3 aromatic carbocycles. The number of halogens is 1. The lowest BCUT2D eigenvalue weighted by Gasteiger charge is -2.17. The Balaban J connectivity index is 1.83. The van der Waals surface area contributed by atoms with Gasteiger partial charge in [0.2, 0.25) is 0 Å². The monoisotopic (exact) mass is 376 g/mol. The fourth-order valence-corrected chi connectivity index (χ4v) is 3.13. The van der Waals surface area contributed by atoms with Crippen molar-refractivity contribution in [3.63, 3.8) is 0 Å².